The molecule has 1 amide bonds. The van der Waals surface area contributed by atoms with E-state index in [4.69, 9.17) is 9.47 Å². The monoisotopic (exact) mass is 392 g/mol. The van der Waals surface area contributed by atoms with E-state index in [9.17, 15) is 4.79 Å². The van der Waals surface area contributed by atoms with E-state index in [1.54, 1.807) is 38.5 Å². The summed E-state index contributed by atoms with van der Waals surface area (Å²) >= 11 is 0. The predicted octanol–water partition coefficient (Wildman–Crippen LogP) is 3.33. The summed E-state index contributed by atoms with van der Waals surface area (Å²) in [6, 6.07) is 19.1. The van der Waals surface area contributed by atoms with Crippen LogP contribution in [-0.2, 0) is 17.6 Å². The summed E-state index contributed by atoms with van der Waals surface area (Å²) in [6.07, 6.45) is 1.09. The molecule has 0 aliphatic heterocycles. The van der Waals surface area contributed by atoms with Crippen molar-refractivity contribution < 1.29 is 14.3 Å². The summed E-state index contributed by atoms with van der Waals surface area (Å²) in [4.78, 5) is 12.3. The van der Waals surface area contributed by atoms with Crippen molar-refractivity contribution in [3.63, 3.8) is 0 Å². The summed E-state index contributed by atoms with van der Waals surface area (Å²) in [5.41, 5.74) is 2.07. The van der Waals surface area contributed by atoms with Crippen molar-refractivity contribution in [2.45, 2.75) is 12.8 Å². The Hall–Kier alpha value is -3.61. The molecule has 0 unspecified atom stereocenters. The van der Waals surface area contributed by atoms with Crippen molar-refractivity contribution in [1.29, 1.82) is 0 Å². The van der Waals surface area contributed by atoms with E-state index >= 15 is 0 Å². The molecular formula is C22H24N4O3. The molecule has 2 N–H and O–H groups in total. The molecule has 0 aliphatic rings. The number of anilines is 2. The molecule has 7 nitrogen and oxygen atoms in total. The van der Waals surface area contributed by atoms with Crippen molar-refractivity contribution in [1.82, 2.24) is 10.2 Å². The summed E-state index contributed by atoms with van der Waals surface area (Å²) in [5, 5.41) is 14.1. The minimum atomic E-state index is -0.184. The van der Waals surface area contributed by atoms with E-state index in [2.05, 4.69) is 33.0 Å². The highest BCUT2D eigenvalue weighted by Gasteiger charge is 2.09. The first-order valence-electron chi connectivity index (χ1n) is 9.30. The van der Waals surface area contributed by atoms with Gasteiger partial charge >= 0.3 is 0 Å². The van der Waals surface area contributed by atoms with Gasteiger partial charge in [-0.2, -0.15) is 0 Å². The van der Waals surface area contributed by atoms with Gasteiger partial charge in [-0.15, -0.1) is 10.2 Å². The maximum Gasteiger partial charge on any atom is 0.229 e. The minimum absolute atomic E-state index is 0.184. The Labute approximate surface area is 170 Å². The predicted molar refractivity (Wildman–Crippen MR) is 113 cm³/mol. The molecule has 1 heterocycles. The standard InChI is InChI=1S/C22H24N4O3/c1-28-18-9-8-17(14-19(18)29-2)15-22(27)24-21-11-10-20(25-26-21)23-13-12-16-6-4-3-5-7-16/h3-11,14H,12-13,15H2,1-2H3,(H,23,25)(H,24,26,27). The topological polar surface area (TPSA) is 85.4 Å². The molecule has 1 aromatic heterocycles. The number of benzene rings is 2. The third kappa shape index (κ3) is 5.93. The average Bonchev–Trinajstić information content (AvgIpc) is 2.75. The first kappa shape index (κ1) is 20.1. The molecule has 0 aliphatic carbocycles. The van der Waals surface area contributed by atoms with Crippen LogP contribution in [0.3, 0.4) is 0 Å². The van der Waals surface area contributed by atoms with Gasteiger partial charge in [-0.05, 0) is 41.8 Å². The molecule has 150 valence electrons. The number of carbonyl (C=O) groups excluding carboxylic acids is 1. The highest BCUT2D eigenvalue weighted by atomic mass is 16.5. The first-order chi connectivity index (χ1) is 14.2. The third-order valence-electron chi connectivity index (χ3n) is 4.31. The molecule has 0 spiro atoms. The number of aromatic nitrogens is 2. The Bertz CT molecular complexity index is 931. The van der Waals surface area contributed by atoms with Gasteiger partial charge in [-0.3, -0.25) is 4.79 Å². The van der Waals surface area contributed by atoms with Gasteiger partial charge in [0.15, 0.2) is 17.3 Å². The lowest BCUT2D eigenvalue weighted by Gasteiger charge is -2.10. The fourth-order valence-corrected chi connectivity index (χ4v) is 2.84. The zero-order valence-corrected chi connectivity index (χ0v) is 16.5. The number of rotatable bonds is 9. The highest BCUT2D eigenvalue weighted by molar-refractivity contribution is 5.91. The Kier molecular flexibility index (Phi) is 7.00. The van der Waals surface area contributed by atoms with Crippen LogP contribution >= 0.6 is 0 Å². The van der Waals surface area contributed by atoms with Crippen LogP contribution in [0.4, 0.5) is 11.6 Å². The molecule has 0 bridgehead atoms. The lowest BCUT2D eigenvalue weighted by atomic mass is 10.1. The van der Waals surface area contributed by atoms with E-state index in [1.807, 2.05) is 24.3 Å². The number of carbonyl (C=O) groups is 1. The average molecular weight is 392 g/mol. The number of ether oxygens (including phenoxy) is 2. The number of amides is 1. The van der Waals surface area contributed by atoms with Gasteiger partial charge in [0, 0.05) is 6.54 Å². The van der Waals surface area contributed by atoms with Crippen molar-refractivity contribution >= 4 is 17.5 Å². The van der Waals surface area contributed by atoms with E-state index in [1.165, 1.54) is 5.56 Å². The second-order valence-electron chi connectivity index (χ2n) is 6.38. The zero-order valence-electron chi connectivity index (χ0n) is 16.5. The van der Waals surface area contributed by atoms with Crippen LogP contribution in [0.1, 0.15) is 11.1 Å². The van der Waals surface area contributed by atoms with Crippen LogP contribution in [0.25, 0.3) is 0 Å². The molecule has 0 atom stereocenters. The Morgan fingerprint density at radius 2 is 1.59 bits per heavy atom. The third-order valence-corrected chi connectivity index (χ3v) is 4.31. The first-order valence-corrected chi connectivity index (χ1v) is 9.30. The lowest BCUT2D eigenvalue weighted by molar-refractivity contribution is -0.115. The van der Waals surface area contributed by atoms with Crippen LogP contribution in [-0.4, -0.2) is 36.9 Å². The van der Waals surface area contributed by atoms with E-state index in [0.717, 1.165) is 18.5 Å². The van der Waals surface area contributed by atoms with Crippen molar-refractivity contribution in [2.24, 2.45) is 0 Å². The van der Waals surface area contributed by atoms with Crippen LogP contribution in [0.5, 0.6) is 11.5 Å². The van der Waals surface area contributed by atoms with Gasteiger partial charge in [0.2, 0.25) is 5.91 Å². The largest absolute Gasteiger partial charge is 0.493 e. The van der Waals surface area contributed by atoms with Crippen molar-refractivity contribution in [3.05, 3.63) is 71.8 Å². The number of nitrogens with zero attached hydrogens (tertiary/aromatic N) is 2. The molecule has 3 rings (SSSR count). The zero-order chi connectivity index (χ0) is 20.5. The number of hydrogen-bond donors (Lipinski definition) is 2. The molecule has 0 saturated carbocycles. The van der Waals surface area contributed by atoms with Gasteiger partial charge in [0.25, 0.3) is 0 Å². The Morgan fingerprint density at radius 1 is 0.862 bits per heavy atom. The number of nitrogens with one attached hydrogen (secondary N) is 2. The van der Waals surface area contributed by atoms with Gasteiger partial charge < -0.3 is 20.1 Å². The summed E-state index contributed by atoms with van der Waals surface area (Å²) in [7, 11) is 3.13. The fourth-order valence-electron chi connectivity index (χ4n) is 2.84. The molecule has 29 heavy (non-hydrogen) atoms. The van der Waals surface area contributed by atoms with E-state index in [0.29, 0.717) is 23.1 Å². The fraction of sp³-hybridized carbons (Fsp3) is 0.227. The maximum absolute atomic E-state index is 12.3. The summed E-state index contributed by atoms with van der Waals surface area (Å²) in [5.74, 6) is 2.10. The summed E-state index contributed by atoms with van der Waals surface area (Å²) in [6.45, 7) is 0.754. The SMILES string of the molecule is COc1ccc(CC(=O)Nc2ccc(NCCc3ccccc3)nn2)cc1OC. The maximum atomic E-state index is 12.3. The van der Waals surface area contributed by atoms with Crippen LogP contribution in [0.2, 0.25) is 0 Å². The van der Waals surface area contributed by atoms with Crippen LogP contribution < -0.4 is 20.1 Å². The smallest absolute Gasteiger partial charge is 0.229 e. The summed E-state index contributed by atoms with van der Waals surface area (Å²) < 4.78 is 10.5. The van der Waals surface area contributed by atoms with Gasteiger partial charge in [0.1, 0.15) is 5.82 Å². The lowest BCUT2D eigenvalue weighted by Crippen LogP contribution is -2.16. The van der Waals surface area contributed by atoms with Crippen molar-refractivity contribution in [2.75, 3.05) is 31.4 Å². The second-order valence-corrected chi connectivity index (χ2v) is 6.38. The Morgan fingerprint density at radius 3 is 2.28 bits per heavy atom. The van der Waals surface area contributed by atoms with Crippen LogP contribution in [0.15, 0.2) is 60.7 Å². The van der Waals surface area contributed by atoms with E-state index < -0.39 is 0 Å². The van der Waals surface area contributed by atoms with Crippen LogP contribution in [0, 0.1) is 0 Å². The molecule has 0 saturated heterocycles. The van der Waals surface area contributed by atoms with E-state index in [-0.39, 0.29) is 12.3 Å². The molecule has 2 aromatic carbocycles. The molecule has 0 fully saturated rings. The quantitative estimate of drug-likeness (QED) is 0.581. The minimum Gasteiger partial charge on any atom is -0.493 e. The molecule has 7 heteroatoms. The number of hydrogen-bond acceptors (Lipinski definition) is 6. The van der Waals surface area contributed by atoms with Gasteiger partial charge in [-0.25, -0.2) is 0 Å². The van der Waals surface area contributed by atoms with Gasteiger partial charge in [0.05, 0.1) is 20.6 Å². The van der Waals surface area contributed by atoms with Crippen molar-refractivity contribution in [3.8, 4) is 11.5 Å². The van der Waals surface area contributed by atoms with Gasteiger partial charge in [-0.1, -0.05) is 36.4 Å². The molecular weight excluding hydrogens is 368 g/mol. The Balaban J connectivity index is 1.49. The molecule has 3 aromatic rings. The molecule has 0 radical (unpaired) electrons. The number of methoxy groups -OCH3 is 2. The normalized spacial score (nSPS) is 10.3. The second kappa shape index (κ2) is 10.1. The highest BCUT2D eigenvalue weighted by Crippen LogP contribution is 2.27.